The summed E-state index contributed by atoms with van der Waals surface area (Å²) < 4.78 is 0. The molecule has 0 fully saturated rings. The fourth-order valence-electron chi connectivity index (χ4n) is 7.33. The Hall–Kier alpha value is -6.87. The van der Waals surface area contributed by atoms with Crippen LogP contribution in [0.25, 0.3) is 89.3 Å². The summed E-state index contributed by atoms with van der Waals surface area (Å²) in [6, 6.07) is 74.9. The van der Waals surface area contributed by atoms with Crippen LogP contribution in [0, 0.1) is 0 Å². The summed E-state index contributed by atoms with van der Waals surface area (Å²) in [5.74, 6) is 0. The third kappa shape index (κ3) is 7.24. The summed E-state index contributed by atoms with van der Waals surface area (Å²) in [5, 5.41) is 0.209. The van der Waals surface area contributed by atoms with Gasteiger partial charge in [-0.1, -0.05) is 176 Å². The Balaban J connectivity index is 1.26. The maximum Gasteiger partial charge on any atom is 0.223 e. The minimum Gasteiger partial charge on any atom is -0.218 e. The molecule has 0 saturated carbocycles. The fraction of sp³-hybridized carbons (Fsp3) is 0. The maximum absolute atomic E-state index is 6.67. The first-order valence-electron chi connectivity index (χ1n) is 18.4. The van der Waals surface area contributed by atoms with Gasteiger partial charge >= 0.3 is 0 Å². The molecule has 8 aromatic carbocycles. The van der Waals surface area contributed by atoms with Crippen molar-refractivity contribution in [2.24, 2.45) is 0 Å². The molecule has 0 amide bonds. The Bertz CT molecular complexity index is 2590. The summed E-state index contributed by atoms with van der Waals surface area (Å²) in [6.45, 7) is 0. The third-order valence-electron chi connectivity index (χ3n) is 10.0. The smallest absolute Gasteiger partial charge is 0.218 e. The lowest BCUT2D eigenvalue weighted by molar-refractivity contribution is 1.18. The Morgan fingerprint density at radius 2 is 0.564 bits per heavy atom. The first kappa shape index (κ1) is 33.9. The molecule has 0 spiro atoms. The lowest BCUT2D eigenvalue weighted by Crippen LogP contribution is -1.94. The molecule has 0 aliphatic heterocycles. The van der Waals surface area contributed by atoms with Gasteiger partial charge in [-0.15, -0.1) is 0 Å². The van der Waals surface area contributed by atoms with Crippen molar-refractivity contribution >= 4 is 11.6 Å². The third-order valence-corrected chi connectivity index (χ3v) is 10.2. The van der Waals surface area contributed by atoms with Crippen molar-refractivity contribution in [3.63, 3.8) is 0 Å². The van der Waals surface area contributed by atoms with E-state index in [-0.39, 0.29) is 5.28 Å². The Morgan fingerprint density at radius 1 is 0.236 bits per heavy atom. The quantitative estimate of drug-likeness (QED) is 0.146. The summed E-state index contributed by atoms with van der Waals surface area (Å²) in [5.41, 5.74) is 17.2. The molecule has 1 aromatic heterocycles. The van der Waals surface area contributed by atoms with Crippen molar-refractivity contribution in [2.75, 3.05) is 0 Å². The van der Waals surface area contributed by atoms with Gasteiger partial charge in [0, 0.05) is 11.1 Å². The second-order valence-electron chi connectivity index (χ2n) is 13.6. The highest BCUT2D eigenvalue weighted by Crippen LogP contribution is 2.41. The van der Waals surface area contributed by atoms with Gasteiger partial charge in [-0.05, 0) is 115 Å². The number of nitrogens with zero attached hydrogens (tertiary/aromatic N) is 2. The van der Waals surface area contributed by atoms with E-state index in [1.54, 1.807) is 0 Å². The Morgan fingerprint density at radius 3 is 0.964 bits per heavy atom. The van der Waals surface area contributed by atoms with E-state index >= 15 is 0 Å². The topological polar surface area (TPSA) is 25.8 Å². The molecule has 0 saturated heterocycles. The first-order chi connectivity index (χ1) is 27.2. The van der Waals surface area contributed by atoms with Gasteiger partial charge in [0.15, 0.2) is 0 Å². The van der Waals surface area contributed by atoms with Gasteiger partial charge in [-0.25, -0.2) is 9.97 Å². The highest BCUT2D eigenvalue weighted by Gasteiger charge is 2.16. The van der Waals surface area contributed by atoms with E-state index in [4.69, 9.17) is 16.6 Å². The predicted octanol–water partition coefficient (Wildman–Crippen LogP) is 14.5. The van der Waals surface area contributed by atoms with E-state index in [1.807, 2.05) is 36.4 Å². The molecule has 260 valence electrons. The van der Waals surface area contributed by atoms with Crippen LogP contribution in [0.4, 0.5) is 0 Å². The van der Waals surface area contributed by atoms with Crippen LogP contribution in [0.2, 0.25) is 5.28 Å². The lowest BCUT2D eigenvalue weighted by atomic mass is 9.88. The molecule has 2 nitrogen and oxygen atoms in total. The number of halogens is 1. The van der Waals surface area contributed by atoms with Gasteiger partial charge in [0.25, 0.3) is 0 Å². The summed E-state index contributed by atoms with van der Waals surface area (Å²) in [7, 11) is 0. The molecular weight excluding hydrogens is 688 g/mol. The molecule has 1 heterocycles. The van der Waals surface area contributed by atoms with Crippen molar-refractivity contribution < 1.29 is 0 Å². The number of aromatic nitrogens is 2. The molecule has 9 rings (SSSR count). The first-order valence-corrected chi connectivity index (χ1v) is 18.8. The van der Waals surface area contributed by atoms with Crippen molar-refractivity contribution in [3.05, 3.63) is 218 Å². The van der Waals surface area contributed by atoms with E-state index in [1.165, 1.54) is 44.5 Å². The molecule has 0 radical (unpaired) electrons. The van der Waals surface area contributed by atoms with Crippen molar-refractivity contribution in [2.45, 2.75) is 0 Å². The minimum atomic E-state index is 0.209. The zero-order valence-corrected chi connectivity index (χ0v) is 30.7. The monoisotopic (exact) mass is 722 g/mol. The number of benzene rings is 8. The van der Waals surface area contributed by atoms with E-state index in [2.05, 4.69) is 181 Å². The van der Waals surface area contributed by atoms with E-state index in [0.717, 1.165) is 44.8 Å². The summed E-state index contributed by atoms with van der Waals surface area (Å²) in [4.78, 5) is 9.40. The van der Waals surface area contributed by atoms with Crippen LogP contribution in [0.3, 0.4) is 0 Å². The van der Waals surface area contributed by atoms with Crippen molar-refractivity contribution in [1.82, 2.24) is 9.97 Å². The Kier molecular flexibility index (Phi) is 9.40. The van der Waals surface area contributed by atoms with Gasteiger partial charge in [-0.3, -0.25) is 0 Å². The van der Waals surface area contributed by atoms with Gasteiger partial charge in [-0.2, -0.15) is 0 Å². The molecule has 0 aliphatic carbocycles. The van der Waals surface area contributed by atoms with E-state index < -0.39 is 0 Å². The second-order valence-corrected chi connectivity index (χ2v) is 13.9. The van der Waals surface area contributed by atoms with Crippen LogP contribution in [0.15, 0.2) is 212 Å². The normalized spacial score (nSPS) is 11.0. The minimum absolute atomic E-state index is 0.209. The predicted molar refractivity (Wildman–Crippen MR) is 231 cm³/mol. The standard InChI is InChI=1S/C52H35ClN2/c53-52-54-50(40-24-14-5-15-25-40)35-51(55-52)45-31-43(41-26-28-46(36-16-6-1-7-17-36)48(33-41)38-20-10-3-11-21-38)30-44(32-45)42-27-29-47(37-18-8-2-9-19-37)49(34-42)39-22-12-4-13-23-39/h1-35H. The molecular formula is C52H35ClN2. The van der Waals surface area contributed by atoms with Crippen LogP contribution >= 0.6 is 11.6 Å². The lowest BCUT2D eigenvalue weighted by Gasteiger charge is -2.17. The largest absolute Gasteiger partial charge is 0.223 e. The fourth-order valence-corrected chi connectivity index (χ4v) is 7.51. The molecule has 0 unspecified atom stereocenters. The van der Waals surface area contributed by atoms with Crippen molar-refractivity contribution in [3.8, 4) is 89.3 Å². The SMILES string of the molecule is Clc1nc(-c2ccccc2)cc(-c2cc(-c3ccc(-c4ccccc4)c(-c4ccccc4)c3)cc(-c3ccc(-c4ccccc4)c(-c4ccccc4)c3)c2)n1. The molecule has 0 N–H and O–H groups in total. The number of rotatable bonds is 8. The highest BCUT2D eigenvalue weighted by molar-refractivity contribution is 6.28. The molecule has 0 atom stereocenters. The van der Waals surface area contributed by atoms with Crippen LogP contribution < -0.4 is 0 Å². The Labute approximate surface area is 327 Å². The van der Waals surface area contributed by atoms with Gasteiger partial charge in [0.2, 0.25) is 5.28 Å². The maximum atomic E-state index is 6.67. The van der Waals surface area contributed by atoms with Crippen molar-refractivity contribution in [1.29, 1.82) is 0 Å². The highest BCUT2D eigenvalue weighted by atomic mass is 35.5. The zero-order chi connectivity index (χ0) is 37.0. The van der Waals surface area contributed by atoms with Crippen LogP contribution in [-0.2, 0) is 0 Å². The van der Waals surface area contributed by atoms with Crippen LogP contribution in [0.1, 0.15) is 0 Å². The molecule has 0 bridgehead atoms. The molecule has 55 heavy (non-hydrogen) atoms. The molecule has 0 aliphatic rings. The number of hydrogen-bond donors (Lipinski definition) is 0. The van der Waals surface area contributed by atoms with Gasteiger partial charge < -0.3 is 0 Å². The average Bonchev–Trinajstić information content (AvgIpc) is 3.27. The molecule has 9 aromatic rings. The van der Waals surface area contributed by atoms with E-state index in [0.29, 0.717) is 0 Å². The zero-order valence-electron chi connectivity index (χ0n) is 30.0. The van der Waals surface area contributed by atoms with Crippen LogP contribution in [0.5, 0.6) is 0 Å². The average molecular weight is 723 g/mol. The molecule has 3 heteroatoms. The van der Waals surface area contributed by atoms with Crippen LogP contribution in [-0.4, -0.2) is 9.97 Å². The number of hydrogen-bond acceptors (Lipinski definition) is 2. The summed E-state index contributed by atoms with van der Waals surface area (Å²) in [6.07, 6.45) is 0. The second kappa shape index (κ2) is 15.2. The van der Waals surface area contributed by atoms with Gasteiger partial charge in [0.1, 0.15) is 0 Å². The van der Waals surface area contributed by atoms with Gasteiger partial charge in [0.05, 0.1) is 11.4 Å². The summed E-state index contributed by atoms with van der Waals surface area (Å²) >= 11 is 6.67. The van der Waals surface area contributed by atoms with E-state index in [9.17, 15) is 0 Å².